The maximum absolute atomic E-state index is 8.91. The lowest BCUT2D eigenvalue weighted by Crippen LogP contribution is -2.46. The number of nitrogens with two attached hydrogens (primary N) is 1. The molecule has 1 aliphatic heterocycles. The fourth-order valence-electron chi connectivity index (χ4n) is 0.863. The average Bonchev–Trinajstić information content (AvgIpc) is 1.77. The van der Waals surface area contributed by atoms with E-state index in [9.17, 15) is 0 Å². The van der Waals surface area contributed by atoms with Gasteiger partial charge in [-0.15, -0.1) is 0 Å². The van der Waals surface area contributed by atoms with Crippen LogP contribution in [-0.4, -0.2) is 23.9 Å². The van der Waals surface area contributed by atoms with Gasteiger partial charge in [0.1, 0.15) is 0 Å². The normalized spacial score (nSPS) is 39.8. The number of hydrogen-bond acceptors (Lipinski definition) is 3. The Bertz CT molecular complexity index is 58.8. The number of β-amino-alcohol motifs (C(OH)–C–C–N with tert-alkyl or cyclic N) is 1. The van der Waals surface area contributed by atoms with E-state index in [1.54, 1.807) is 0 Å². The highest BCUT2D eigenvalue weighted by Crippen LogP contribution is 2.02. The quantitative estimate of drug-likeness (QED) is 0.381. The van der Waals surface area contributed by atoms with Crippen LogP contribution in [-0.2, 0) is 0 Å². The Balaban J connectivity index is 2.19. The summed E-state index contributed by atoms with van der Waals surface area (Å²) < 4.78 is 0. The highest BCUT2D eigenvalue weighted by atomic mass is 16.3. The van der Waals surface area contributed by atoms with Crippen molar-refractivity contribution in [2.24, 2.45) is 5.73 Å². The van der Waals surface area contributed by atoms with Gasteiger partial charge in [0.05, 0.1) is 12.3 Å². The maximum Gasteiger partial charge on any atom is 0.0666 e. The van der Waals surface area contributed by atoms with Gasteiger partial charge in [0.2, 0.25) is 0 Å². The summed E-state index contributed by atoms with van der Waals surface area (Å²) in [5, 5.41) is 11.9. The second-order valence-electron chi connectivity index (χ2n) is 2.25. The average molecular weight is 116 g/mol. The van der Waals surface area contributed by atoms with Crippen molar-refractivity contribution in [3.05, 3.63) is 0 Å². The Morgan fingerprint density at radius 2 is 2.25 bits per heavy atom. The topological polar surface area (TPSA) is 58.3 Å². The van der Waals surface area contributed by atoms with Crippen LogP contribution in [0.15, 0.2) is 0 Å². The number of aliphatic hydroxyl groups is 1. The Kier molecular flexibility index (Phi) is 1.83. The van der Waals surface area contributed by atoms with Crippen LogP contribution in [0, 0.1) is 0 Å². The van der Waals surface area contributed by atoms with Gasteiger partial charge in [-0.2, -0.15) is 0 Å². The van der Waals surface area contributed by atoms with E-state index in [1.165, 1.54) is 0 Å². The summed E-state index contributed by atoms with van der Waals surface area (Å²) in [4.78, 5) is 0. The van der Waals surface area contributed by atoms with Crippen molar-refractivity contribution in [1.29, 1.82) is 0 Å². The van der Waals surface area contributed by atoms with E-state index in [0.29, 0.717) is 6.54 Å². The molecule has 1 fully saturated rings. The third-order valence-electron chi connectivity index (χ3n) is 1.43. The number of aliphatic hydroxyl groups excluding tert-OH is 1. The van der Waals surface area contributed by atoms with E-state index in [4.69, 9.17) is 10.8 Å². The van der Waals surface area contributed by atoms with Crippen LogP contribution in [0.4, 0.5) is 0 Å². The molecule has 48 valence electrons. The minimum atomic E-state index is -0.171. The van der Waals surface area contributed by atoms with Crippen molar-refractivity contribution in [3.8, 4) is 0 Å². The van der Waals surface area contributed by atoms with E-state index in [0.717, 1.165) is 12.8 Å². The summed E-state index contributed by atoms with van der Waals surface area (Å²) in [5.41, 5.74) is 5.47. The second kappa shape index (κ2) is 2.44. The van der Waals surface area contributed by atoms with Gasteiger partial charge in [-0.05, 0) is 12.8 Å². The van der Waals surface area contributed by atoms with Crippen molar-refractivity contribution < 1.29 is 5.11 Å². The molecule has 2 atom stereocenters. The summed E-state index contributed by atoms with van der Waals surface area (Å²) in [5.74, 6) is 0. The molecule has 0 aromatic rings. The minimum Gasteiger partial charge on any atom is -0.392 e. The lowest BCUT2D eigenvalue weighted by Gasteiger charge is -2.23. The van der Waals surface area contributed by atoms with Crippen LogP contribution in [0.5, 0.6) is 0 Å². The number of nitrogens with one attached hydrogen (secondary N) is 1. The van der Waals surface area contributed by atoms with Gasteiger partial charge in [0, 0.05) is 6.54 Å². The number of piperidine rings is 1. The highest BCUT2D eigenvalue weighted by molar-refractivity contribution is 4.71. The van der Waals surface area contributed by atoms with Gasteiger partial charge in [-0.3, -0.25) is 5.32 Å². The fraction of sp³-hybridized carbons (Fsp3) is 1.00. The third kappa shape index (κ3) is 1.43. The molecule has 3 nitrogen and oxygen atoms in total. The van der Waals surface area contributed by atoms with Gasteiger partial charge in [-0.25, -0.2) is 0 Å². The molecule has 0 aromatic carbocycles. The largest absolute Gasteiger partial charge is 0.392 e. The zero-order valence-corrected chi connectivity index (χ0v) is 4.80. The summed E-state index contributed by atoms with van der Waals surface area (Å²) in [6.45, 7) is 0.654. The van der Waals surface area contributed by atoms with Gasteiger partial charge in [0.15, 0.2) is 0 Å². The van der Waals surface area contributed by atoms with E-state index in [1.807, 2.05) is 0 Å². The SMILES string of the molecule is NC1CCC(O)CN1. The molecule has 1 heterocycles. The molecule has 2 unspecified atom stereocenters. The molecule has 0 bridgehead atoms. The van der Waals surface area contributed by atoms with Crippen LogP contribution >= 0.6 is 0 Å². The summed E-state index contributed by atoms with van der Waals surface area (Å²) >= 11 is 0. The molecule has 3 heteroatoms. The van der Waals surface area contributed by atoms with Gasteiger partial charge < -0.3 is 10.8 Å². The smallest absolute Gasteiger partial charge is 0.0666 e. The van der Waals surface area contributed by atoms with Gasteiger partial charge in [-0.1, -0.05) is 0 Å². The summed E-state index contributed by atoms with van der Waals surface area (Å²) in [7, 11) is 0. The number of rotatable bonds is 0. The van der Waals surface area contributed by atoms with Crippen LogP contribution in [0.1, 0.15) is 12.8 Å². The van der Waals surface area contributed by atoms with Crippen molar-refractivity contribution >= 4 is 0 Å². The zero-order valence-electron chi connectivity index (χ0n) is 4.80. The molecule has 1 aliphatic rings. The molecular formula is C5H12N2O. The molecule has 1 rings (SSSR count). The lowest BCUT2D eigenvalue weighted by atomic mass is 10.1. The predicted molar refractivity (Wildman–Crippen MR) is 31.2 cm³/mol. The van der Waals surface area contributed by atoms with Gasteiger partial charge in [0.25, 0.3) is 0 Å². The fourth-order valence-corrected chi connectivity index (χ4v) is 0.863. The van der Waals surface area contributed by atoms with Crippen LogP contribution in [0.25, 0.3) is 0 Å². The standard InChI is InChI=1S/C5H12N2O/c6-5-2-1-4(8)3-7-5/h4-5,7-8H,1-3,6H2. The van der Waals surface area contributed by atoms with E-state index >= 15 is 0 Å². The Morgan fingerprint density at radius 3 is 2.62 bits per heavy atom. The van der Waals surface area contributed by atoms with Crippen molar-refractivity contribution in [2.45, 2.75) is 25.1 Å². The first-order valence-electron chi connectivity index (χ1n) is 2.96. The molecule has 0 radical (unpaired) electrons. The maximum atomic E-state index is 8.91. The highest BCUT2D eigenvalue weighted by Gasteiger charge is 2.13. The Labute approximate surface area is 48.9 Å². The summed E-state index contributed by atoms with van der Waals surface area (Å²) in [6.07, 6.45) is 1.67. The molecule has 8 heavy (non-hydrogen) atoms. The molecule has 0 aliphatic carbocycles. The van der Waals surface area contributed by atoms with Crippen molar-refractivity contribution in [2.75, 3.05) is 6.54 Å². The summed E-state index contributed by atoms with van der Waals surface area (Å²) in [6, 6.07) is 0. The molecule has 0 aromatic heterocycles. The van der Waals surface area contributed by atoms with Crippen molar-refractivity contribution in [1.82, 2.24) is 5.32 Å². The first-order chi connectivity index (χ1) is 3.79. The van der Waals surface area contributed by atoms with Gasteiger partial charge >= 0.3 is 0 Å². The molecule has 0 amide bonds. The monoisotopic (exact) mass is 116 g/mol. The van der Waals surface area contributed by atoms with Crippen LogP contribution in [0.3, 0.4) is 0 Å². The van der Waals surface area contributed by atoms with Crippen molar-refractivity contribution in [3.63, 3.8) is 0 Å². The van der Waals surface area contributed by atoms with Crippen LogP contribution in [0.2, 0.25) is 0 Å². The molecule has 0 saturated carbocycles. The Morgan fingerprint density at radius 1 is 1.50 bits per heavy atom. The van der Waals surface area contributed by atoms with E-state index < -0.39 is 0 Å². The second-order valence-corrected chi connectivity index (χ2v) is 2.25. The Hall–Kier alpha value is -0.120. The predicted octanol–water partition coefficient (Wildman–Crippen LogP) is -0.985. The molecule has 4 N–H and O–H groups in total. The third-order valence-corrected chi connectivity index (χ3v) is 1.43. The minimum absolute atomic E-state index is 0.110. The first-order valence-corrected chi connectivity index (χ1v) is 2.96. The molecule has 1 saturated heterocycles. The van der Waals surface area contributed by atoms with Crippen LogP contribution < -0.4 is 11.1 Å². The van der Waals surface area contributed by atoms with E-state index in [2.05, 4.69) is 5.32 Å². The lowest BCUT2D eigenvalue weighted by molar-refractivity contribution is 0.127. The molecular weight excluding hydrogens is 104 g/mol. The first kappa shape index (κ1) is 6.01. The number of hydrogen-bond donors (Lipinski definition) is 3. The van der Waals surface area contributed by atoms with E-state index in [-0.39, 0.29) is 12.3 Å². The zero-order chi connectivity index (χ0) is 5.98. The molecule has 0 spiro atoms.